The molecule has 2 heterocycles. The molecule has 0 unspecified atom stereocenters. The van der Waals surface area contributed by atoms with Gasteiger partial charge in [0, 0.05) is 22.9 Å². The van der Waals surface area contributed by atoms with Gasteiger partial charge in [-0.15, -0.1) is 11.3 Å². The maximum absolute atomic E-state index is 12.1. The molecular weight excluding hydrogens is 316 g/mol. The number of carbonyl (C=O) groups excluding carboxylic acids is 1. The average molecular weight is 330 g/mol. The molecule has 3 rings (SSSR count). The van der Waals surface area contributed by atoms with Crippen molar-refractivity contribution >= 4 is 28.6 Å². The smallest absolute Gasteiger partial charge is 0.271 e. The molecule has 1 amide bonds. The molecule has 6 heteroatoms. The van der Waals surface area contributed by atoms with Gasteiger partial charge < -0.3 is 10.1 Å². The minimum absolute atomic E-state index is 0.159. The van der Waals surface area contributed by atoms with E-state index < -0.39 is 0 Å². The SMILES string of the molecule is COc1ccc(CNC(=O)c2csc(-c3ccsc3)n2)cc1. The fraction of sp³-hybridized carbons (Fsp3) is 0.125. The van der Waals surface area contributed by atoms with Crippen LogP contribution in [0.15, 0.2) is 46.5 Å². The van der Waals surface area contributed by atoms with Crippen molar-refractivity contribution < 1.29 is 9.53 Å². The number of methoxy groups -OCH3 is 1. The van der Waals surface area contributed by atoms with Crippen LogP contribution >= 0.6 is 22.7 Å². The average Bonchev–Trinajstić information content (AvgIpc) is 3.23. The molecule has 0 fully saturated rings. The van der Waals surface area contributed by atoms with Gasteiger partial charge in [-0.25, -0.2) is 4.98 Å². The topological polar surface area (TPSA) is 51.2 Å². The second kappa shape index (κ2) is 6.72. The third-order valence-corrected chi connectivity index (χ3v) is 4.69. The van der Waals surface area contributed by atoms with Gasteiger partial charge in [0.25, 0.3) is 5.91 Å². The Labute approximate surface area is 136 Å². The highest BCUT2D eigenvalue weighted by molar-refractivity contribution is 7.14. The van der Waals surface area contributed by atoms with Crippen LogP contribution in [0.2, 0.25) is 0 Å². The zero-order valence-corrected chi connectivity index (χ0v) is 13.5. The molecule has 0 aliphatic rings. The van der Waals surface area contributed by atoms with Crippen molar-refractivity contribution in [2.45, 2.75) is 6.54 Å². The zero-order valence-electron chi connectivity index (χ0n) is 11.9. The molecule has 3 aromatic rings. The van der Waals surface area contributed by atoms with Gasteiger partial charge in [-0.05, 0) is 29.1 Å². The first kappa shape index (κ1) is 14.7. The van der Waals surface area contributed by atoms with Crippen LogP contribution in [0.4, 0.5) is 0 Å². The number of nitrogens with one attached hydrogen (secondary N) is 1. The number of carbonyl (C=O) groups is 1. The Morgan fingerprint density at radius 3 is 2.73 bits per heavy atom. The molecule has 22 heavy (non-hydrogen) atoms. The summed E-state index contributed by atoms with van der Waals surface area (Å²) >= 11 is 3.10. The Bertz CT molecular complexity index is 749. The lowest BCUT2D eigenvalue weighted by Crippen LogP contribution is -2.23. The summed E-state index contributed by atoms with van der Waals surface area (Å²) in [6, 6.07) is 9.61. The second-order valence-electron chi connectivity index (χ2n) is 4.58. The molecule has 4 nitrogen and oxygen atoms in total. The minimum Gasteiger partial charge on any atom is -0.497 e. The number of hydrogen-bond donors (Lipinski definition) is 1. The molecule has 0 radical (unpaired) electrons. The Kier molecular flexibility index (Phi) is 4.50. The first-order chi connectivity index (χ1) is 10.8. The van der Waals surface area contributed by atoms with E-state index in [-0.39, 0.29) is 5.91 Å². The van der Waals surface area contributed by atoms with E-state index in [9.17, 15) is 4.79 Å². The lowest BCUT2D eigenvalue weighted by Gasteiger charge is -2.04. The van der Waals surface area contributed by atoms with E-state index in [1.54, 1.807) is 23.8 Å². The quantitative estimate of drug-likeness (QED) is 0.774. The van der Waals surface area contributed by atoms with Crippen LogP contribution < -0.4 is 10.1 Å². The first-order valence-electron chi connectivity index (χ1n) is 6.65. The summed E-state index contributed by atoms with van der Waals surface area (Å²) in [6.45, 7) is 0.466. The van der Waals surface area contributed by atoms with E-state index in [0.29, 0.717) is 12.2 Å². The van der Waals surface area contributed by atoms with E-state index in [1.807, 2.05) is 41.1 Å². The van der Waals surface area contributed by atoms with Crippen molar-refractivity contribution in [3.8, 4) is 16.3 Å². The molecule has 1 N–H and O–H groups in total. The van der Waals surface area contributed by atoms with Crippen molar-refractivity contribution in [1.29, 1.82) is 0 Å². The summed E-state index contributed by atoms with van der Waals surface area (Å²) in [5.74, 6) is 0.642. The molecule has 0 aliphatic heterocycles. The molecule has 0 atom stereocenters. The molecule has 0 saturated heterocycles. The van der Waals surface area contributed by atoms with E-state index in [4.69, 9.17) is 4.74 Å². The Balaban J connectivity index is 1.62. The van der Waals surface area contributed by atoms with Crippen molar-refractivity contribution in [2.75, 3.05) is 7.11 Å². The third kappa shape index (κ3) is 3.35. The lowest BCUT2D eigenvalue weighted by molar-refractivity contribution is 0.0946. The number of aromatic nitrogens is 1. The highest BCUT2D eigenvalue weighted by Gasteiger charge is 2.11. The molecule has 112 valence electrons. The van der Waals surface area contributed by atoms with E-state index in [2.05, 4.69) is 10.3 Å². The van der Waals surface area contributed by atoms with Crippen LogP contribution in [0.5, 0.6) is 5.75 Å². The molecular formula is C16H14N2O2S2. The number of ether oxygens (including phenoxy) is 1. The molecule has 0 spiro atoms. The summed E-state index contributed by atoms with van der Waals surface area (Å²) in [5.41, 5.74) is 2.53. The van der Waals surface area contributed by atoms with Crippen LogP contribution in [0.3, 0.4) is 0 Å². The van der Waals surface area contributed by atoms with E-state index in [0.717, 1.165) is 21.9 Å². The van der Waals surface area contributed by atoms with Gasteiger partial charge in [-0.1, -0.05) is 12.1 Å². The first-order valence-corrected chi connectivity index (χ1v) is 8.48. The number of nitrogens with zero attached hydrogens (tertiary/aromatic N) is 1. The summed E-state index contributed by atoms with van der Waals surface area (Å²) in [5, 5.41) is 9.56. The summed E-state index contributed by atoms with van der Waals surface area (Å²) in [7, 11) is 1.63. The van der Waals surface area contributed by atoms with E-state index in [1.165, 1.54) is 11.3 Å². The van der Waals surface area contributed by atoms with Gasteiger partial charge in [0.1, 0.15) is 16.5 Å². The maximum atomic E-state index is 12.1. The number of amides is 1. The van der Waals surface area contributed by atoms with Crippen LogP contribution in [0.25, 0.3) is 10.6 Å². The van der Waals surface area contributed by atoms with Crippen molar-refractivity contribution in [3.05, 3.63) is 57.7 Å². The number of benzene rings is 1. The standard InChI is InChI=1S/C16H14N2O2S2/c1-20-13-4-2-11(3-5-13)8-17-15(19)14-10-22-16(18-14)12-6-7-21-9-12/h2-7,9-10H,8H2,1H3,(H,17,19). The Hall–Kier alpha value is -2.18. The highest BCUT2D eigenvalue weighted by atomic mass is 32.1. The van der Waals surface area contributed by atoms with Crippen LogP contribution in [0, 0.1) is 0 Å². The van der Waals surface area contributed by atoms with Crippen molar-refractivity contribution in [2.24, 2.45) is 0 Å². The number of thiazole rings is 1. The third-order valence-electron chi connectivity index (χ3n) is 3.12. The van der Waals surface area contributed by atoms with Gasteiger partial charge in [-0.2, -0.15) is 11.3 Å². The Morgan fingerprint density at radius 2 is 2.05 bits per heavy atom. The van der Waals surface area contributed by atoms with Gasteiger partial charge in [0.05, 0.1) is 7.11 Å². The monoisotopic (exact) mass is 330 g/mol. The van der Waals surface area contributed by atoms with Crippen molar-refractivity contribution in [3.63, 3.8) is 0 Å². The summed E-state index contributed by atoms with van der Waals surface area (Å²) < 4.78 is 5.11. The zero-order chi connectivity index (χ0) is 15.4. The number of hydrogen-bond acceptors (Lipinski definition) is 5. The fourth-order valence-electron chi connectivity index (χ4n) is 1.91. The number of thiophene rings is 1. The van der Waals surface area contributed by atoms with Gasteiger partial charge in [0.2, 0.25) is 0 Å². The fourth-order valence-corrected chi connectivity index (χ4v) is 3.43. The highest BCUT2D eigenvalue weighted by Crippen LogP contribution is 2.25. The number of rotatable bonds is 5. The molecule has 2 aromatic heterocycles. The maximum Gasteiger partial charge on any atom is 0.271 e. The molecule has 0 aliphatic carbocycles. The lowest BCUT2D eigenvalue weighted by atomic mass is 10.2. The predicted molar refractivity (Wildman–Crippen MR) is 89.6 cm³/mol. The van der Waals surface area contributed by atoms with Crippen LogP contribution in [-0.4, -0.2) is 18.0 Å². The predicted octanol–water partition coefficient (Wildman–Crippen LogP) is 3.81. The molecule has 0 bridgehead atoms. The minimum atomic E-state index is -0.159. The van der Waals surface area contributed by atoms with Crippen LogP contribution in [-0.2, 0) is 6.54 Å². The second-order valence-corrected chi connectivity index (χ2v) is 6.22. The normalized spacial score (nSPS) is 10.4. The summed E-state index contributed by atoms with van der Waals surface area (Å²) in [4.78, 5) is 16.5. The van der Waals surface area contributed by atoms with Gasteiger partial charge in [-0.3, -0.25) is 4.79 Å². The largest absolute Gasteiger partial charge is 0.497 e. The summed E-state index contributed by atoms with van der Waals surface area (Å²) in [6.07, 6.45) is 0. The molecule has 1 aromatic carbocycles. The van der Waals surface area contributed by atoms with E-state index >= 15 is 0 Å². The van der Waals surface area contributed by atoms with Crippen LogP contribution in [0.1, 0.15) is 16.1 Å². The van der Waals surface area contributed by atoms with Gasteiger partial charge >= 0.3 is 0 Å². The Morgan fingerprint density at radius 1 is 1.23 bits per heavy atom. The molecule has 0 saturated carbocycles. The van der Waals surface area contributed by atoms with Gasteiger partial charge in [0.15, 0.2) is 0 Å². The van der Waals surface area contributed by atoms with Crippen molar-refractivity contribution in [1.82, 2.24) is 10.3 Å².